The Labute approximate surface area is 217 Å². The Hall–Kier alpha value is -4.46. The third-order valence-corrected chi connectivity index (χ3v) is 5.60. The lowest BCUT2D eigenvalue weighted by Gasteiger charge is -2.10. The van der Waals surface area contributed by atoms with E-state index < -0.39 is 11.8 Å². The van der Waals surface area contributed by atoms with E-state index in [9.17, 15) is 14.4 Å². The van der Waals surface area contributed by atoms with E-state index >= 15 is 0 Å². The molecule has 0 saturated heterocycles. The third-order valence-electron chi connectivity index (χ3n) is 5.60. The number of aryl methyl sites for hydroxylation is 2. The number of benzene rings is 3. The van der Waals surface area contributed by atoms with Crippen molar-refractivity contribution >= 4 is 29.6 Å². The minimum absolute atomic E-state index is 0.131. The van der Waals surface area contributed by atoms with Crippen LogP contribution in [0.25, 0.3) is 0 Å². The van der Waals surface area contributed by atoms with E-state index in [-0.39, 0.29) is 19.1 Å². The average molecular weight is 501 g/mol. The topological polar surface area (TPSA) is 109 Å². The van der Waals surface area contributed by atoms with Crippen LogP contribution in [0.3, 0.4) is 0 Å². The first-order valence-corrected chi connectivity index (χ1v) is 12.0. The minimum atomic E-state index is -0.857. The highest BCUT2D eigenvalue weighted by Gasteiger charge is 2.12. The summed E-state index contributed by atoms with van der Waals surface area (Å²) in [5, 5.41) is 9.24. The van der Waals surface area contributed by atoms with Crippen molar-refractivity contribution in [1.29, 1.82) is 0 Å². The van der Waals surface area contributed by atoms with Gasteiger partial charge < -0.3 is 15.4 Å². The summed E-state index contributed by atoms with van der Waals surface area (Å²) in [4.78, 5) is 36.2. The highest BCUT2D eigenvalue weighted by molar-refractivity contribution is 6.35. The number of carbonyl (C=O) groups excluding carboxylic acids is 3. The molecule has 37 heavy (non-hydrogen) atoms. The van der Waals surface area contributed by atoms with Crippen LogP contribution < -0.4 is 20.8 Å². The Balaban J connectivity index is 1.40. The summed E-state index contributed by atoms with van der Waals surface area (Å²) < 4.78 is 5.54. The second-order valence-corrected chi connectivity index (χ2v) is 9.00. The van der Waals surface area contributed by atoms with E-state index in [1.54, 1.807) is 24.3 Å². The van der Waals surface area contributed by atoms with Gasteiger partial charge in [-0.15, -0.1) is 0 Å². The van der Waals surface area contributed by atoms with Crippen molar-refractivity contribution in [2.75, 3.05) is 11.9 Å². The second-order valence-electron chi connectivity index (χ2n) is 9.00. The molecule has 0 aliphatic rings. The van der Waals surface area contributed by atoms with Crippen LogP contribution in [0.2, 0.25) is 0 Å². The zero-order valence-corrected chi connectivity index (χ0v) is 21.5. The van der Waals surface area contributed by atoms with Gasteiger partial charge in [0.2, 0.25) is 0 Å². The summed E-state index contributed by atoms with van der Waals surface area (Å²) in [7, 11) is 0. The molecule has 3 aromatic carbocycles. The molecule has 0 unspecified atom stereocenters. The number of amides is 3. The molecule has 3 rings (SSSR count). The van der Waals surface area contributed by atoms with Crippen molar-refractivity contribution in [3.63, 3.8) is 0 Å². The molecule has 0 bridgehead atoms. The number of nitrogens with one attached hydrogen (secondary N) is 3. The lowest BCUT2D eigenvalue weighted by atomic mass is 10.0. The van der Waals surface area contributed by atoms with Crippen LogP contribution in [-0.2, 0) is 20.9 Å². The smallest absolute Gasteiger partial charge is 0.329 e. The van der Waals surface area contributed by atoms with Crippen molar-refractivity contribution < 1.29 is 19.1 Å². The van der Waals surface area contributed by atoms with Gasteiger partial charge in [0.25, 0.3) is 5.91 Å². The molecule has 0 aliphatic heterocycles. The highest BCUT2D eigenvalue weighted by atomic mass is 16.5. The molecule has 0 aromatic heterocycles. The first-order chi connectivity index (χ1) is 17.7. The zero-order valence-electron chi connectivity index (χ0n) is 21.5. The lowest BCUT2D eigenvalue weighted by Crippen LogP contribution is -2.37. The quantitative estimate of drug-likeness (QED) is 0.232. The highest BCUT2D eigenvalue weighted by Crippen LogP contribution is 2.17. The maximum absolute atomic E-state index is 12.2. The molecule has 8 nitrogen and oxygen atoms in total. The summed E-state index contributed by atoms with van der Waals surface area (Å²) >= 11 is 0. The largest absolute Gasteiger partial charge is 0.484 e. The Morgan fingerprint density at radius 3 is 2.30 bits per heavy atom. The van der Waals surface area contributed by atoms with Gasteiger partial charge in [-0.2, -0.15) is 5.10 Å². The molecule has 0 aliphatic carbocycles. The van der Waals surface area contributed by atoms with Crippen molar-refractivity contribution in [2.24, 2.45) is 5.10 Å². The van der Waals surface area contributed by atoms with Crippen molar-refractivity contribution in [1.82, 2.24) is 10.7 Å². The lowest BCUT2D eigenvalue weighted by molar-refractivity contribution is -0.139. The van der Waals surface area contributed by atoms with E-state index in [1.807, 2.05) is 56.3 Å². The van der Waals surface area contributed by atoms with Crippen molar-refractivity contribution in [3.8, 4) is 5.75 Å². The molecule has 0 spiro atoms. The summed E-state index contributed by atoms with van der Waals surface area (Å²) in [6.45, 7) is 8.23. The predicted octanol–water partition coefficient (Wildman–Crippen LogP) is 4.21. The van der Waals surface area contributed by atoms with Crippen LogP contribution >= 0.6 is 0 Å². The standard InChI is InChI=1S/C29H32N4O4/c1-19(2)24-11-7-22(8-12-24)16-30-28(35)29(36)33-31-17-23-9-13-25(14-10-23)37-18-27(34)32-26-15-20(3)5-6-21(26)4/h5-15,17,19H,16,18H2,1-4H3,(H,30,35)(H,32,34)(H,33,36)/b31-17-. The van der Waals surface area contributed by atoms with Crippen LogP contribution in [-0.4, -0.2) is 30.5 Å². The first kappa shape index (κ1) is 27.1. The maximum atomic E-state index is 12.2. The molecule has 0 fully saturated rings. The van der Waals surface area contributed by atoms with Gasteiger partial charge in [-0.05, 0) is 77.9 Å². The van der Waals surface area contributed by atoms with Crippen LogP contribution in [0.1, 0.15) is 47.6 Å². The predicted molar refractivity (Wildman–Crippen MR) is 145 cm³/mol. The number of hydrogen-bond acceptors (Lipinski definition) is 5. The fourth-order valence-electron chi connectivity index (χ4n) is 3.36. The van der Waals surface area contributed by atoms with Crippen molar-refractivity contribution in [2.45, 2.75) is 40.2 Å². The van der Waals surface area contributed by atoms with Gasteiger partial charge in [-0.25, -0.2) is 5.43 Å². The molecule has 0 saturated carbocycles. The molecule has 8 heteroatoms. The summed E-state index contributed by atoms with van der Waals surface area (Å²) in [5.41, 5.74) is 7.80. The Kier molecular flexibility index (Phi) is 9.55. The number of carbonyl (C=O) groups is 3. The minimum Gasteiger partial charge on any atom is -0.484 e. The molecule has 3 aromatic rings. The molecule has 3 amide bonds. The molecule has 0 atom stereocenters. The molecular weight excluding hydrogens is 468 g/mol. The normalized spacial score (nSPS) is 10.8. The van der Waals surface area contributed by atoms with Gasteiger partial charge in [0.05, 0.1) is 6.21 Å². The van der Waals surface area contributed by atoms with Gasteiger partial charge in [0.1, 0.15) is 5.75 Å². The molecule has 3 N–H and O–H groups in total. The fourth-order valence-corrected chi connectivity index (χ4v) is 3.36. The van der Waals surface area contributed by atoms with Crippen LogP contribution in [0.15, 0.2) is 71.8 Å². The monoisotopic (exact) mass is 500 g/mol. The van der Waals surface area contributed by atoms with Gasteiger partial charge in [0.15, 0.2) is 6.61 Å². The van der Waals surface area contributed by atoms with Crippen LogP contribution in [0.5, 0.6) is 5.75 Å². The Morgan fingerprint density at radius 2 is 1.62 bits per heavy atom. The fraction of sp³-hybridized carbons (Fsp3) is 0.241. The number of nitrogens with zero attached hydrogens (tertiary/aromatic N) is 1. The van der Waals surface area contributed by atoms with Gasteiger partial charge in [-0.3, -0.25) is 14.4 Å². The second kappa shape index (κ2) is 13.0. The van der Waals surface area contributed by atoms with E-state index in [0.717, 1.165) is 22.4 Å². The van der Waals surface area contributed by atoms with E-state index in [2.05, 4.69) is 35.0 Å². The third kappa shape index (κ3) is 8.61. The van der Waals surface area contributed by atoms with Gasteiger partial charge in [-0.1, -0.05) is 50.2 Å². The van der Waals surface area contributed by atoms with Gasteiger partial charge >= 0.3 is 11.8 Å². The van der Waals surface area contributed by atoms with Gasteiger partial charge in [0, 0.05) is 12.2 Å². The molecule has 0 heterocycles. The maximum Gasteiger partial charge on any atom is 0.329 e. The average Bonchev–Trinajstić information content (AvgIpc) is 2.89. The number of hydrazone groups is 1. The number of anilines is 1. The van der Waals surface area contributed by atoms with Crippen LogP contribution in [0, 0.1) is 13.8 Å². The number of rotatable bonds is 9. The van der Waals surface area contributed by atoms with Crippen molar-refractivity contribution in [3.05, 3.63) is 94.5 Å². The SMILES string of the molecule is Cc1ccc(C)c(NC(=O)COc2ccc(/C=N\NC(=O)C(=O)NCc3ccc(C(C)C)cc3)cc2)c1. The zero-order chi connectivity index (χ0) is 26.8. The van der Waals surface area contributed by atoms with E-state index in [0.29, 0.717) is 17.2 Å². The van der Waals surface area contributed by atoms with Crippen LogP contribution in [0.4, 0.5) is 5.69 Å². The van der Waals surface area contributed by atoms with E-state index in [1.165, 1.54) is 11.8 Å². The van der Waals surface area contributed by atoms with E-state index in [4.69, 9.17) is 4.74 Å². The molecule has 0 radical (unpaired) electrons. The summed E-state index contributed by atoms with van der Waals surface area (Å²) in [6.07, 6.45) is 1.41. The molecule has 192 valence electrons. The number of hydrogen-bond donors (Lipinski definition) is 3. The Bertz CT molecular complexity index is 1270. The number of ether oxygens (including phenoxy) is 1. The first-order valence-electron chi connectivity index (χ1n) is 12.0. The summed E-state index contributed by atoms with van der Waals surface area (Å²) in [6, 6.07) is 20.5. The Morgan fingerprint density at radius 1 is 0.919 bits per heavy atom. The molecular formula is C29H32N4O4. The summed E-state index contributed by atoms with van der Waals surface area (Å²) in [5.74, 6) is -0.944.